The molecule has 1 heterocycles. The lowest BCUT2D eigenvalue weighted by molar-refractivity contribution is -0.121. The van der Waals surface area contributed by atoms with Crippen LogP contribution < -0.4 is 16.2 Å². The SMILES string of the molecule is CCCC(=O)NCCNC(=O)c1ccc(=O)[nH]n1. The number of aromatic amines is 1. The minimum atomic E-state index is -0.393. The minimum Gasteiger partial charge on any atom is -0.354 e. The fourth-order valence-electron chi connectivity index (χ4n) is 1.25. The Bertz CT molecular complexity index is 449. The van der Waals surface area contributed by atoms with Crippen molar-refractivity contribution < 1.29 is 9.59 Å². The van der Waals surface area contributed by atoms with Crippen LogP contribution >= 0.6 is 0 Å². The topological polar surface area (TPSA) is 104 Å². The number of aromatic nitrogens is 2. The van der Waals surface area contributed by atoms with Crippen LogP contribution in [0, 0.1) is 0 Å². The number of amides is 2. The number of carbonyl (C=O) groups excluding carboxylic acids is 2. The van der Waals surface area contributed by atoms with E-state index in [1.165, 1.54) is 12.1 Å². The third-order valence-electron chi connectivity index (χ3n) is 2.12. The number of hydrogen-bond acceptors (Lipinski definition) is 4. The van der Waals surface area contributed by atoms with Gasteiger partial charge in [-0.25, -0.2) is 5.10 Å². The fraction of sp³-hybridized carbons (Fsp3) is 0.455. The zero-order valence-corrected chi connectivity index (χ0v) is 10.2. The summed E-state index contributed by atoms with van der Waals surface area (Å²) >= 11 is 0. The average molecular weight is 252 g/mol. The van der Waals surface area contributed by atoms with Crippen LogP contribution in [0.25, 0.3) is 0 Å². The van der Waals surface area contributed by atoms with Gasteiger partial charge in [-0.2, -0.15) is 5.10 Å². The molecule has 98 valence electrons. The fourth-order valence-corrected chi connectivity index (χ4v) is 1.25. The predicted molar refractivity (Wildman–Crippen MR) is 65.1 cm³/mol. The van der Waals surface area contributed by atoms with Crippen molar-refractivity contribution in [2.45, 2.75) is 19.8 Å². The maximum Gasteiger partial charge on any atom is 0.271 e. The standard InChI is InChI=1S/C11H16N4O3/c1-2-3-9(16)12-6-7-13-11(18)8-4-5-10(17)15-14-8/h4-5H,2-3,6-7H2,1H3,(H,12,16)(H,13,18)(H,15,17). The highest BCUT2D eigenvalue weighted by atomic mass is 16.2. The second-order valence-electron chi connectivity index (χ2n) is 3.66. The van der Waals surface area contributed by atoms with E-state index in [0.29, 0.717) is 19.5 Å². The molecule has 7 heteroatoms. The van der Waals surface area contributed by atoms with Gasteiger partial charge in [-0.15, -0.1) is 0 Å². The molecular weight excluding hydrogens is 236 g/mol. The molecular formula is C11H16N4O3. The van der Waals surface area contributed by atoms with Gasteiger partial charge in [0.2, 0.25) is 5.91 Å². The number of rotatable bonds is 6. The predicted octanol–water partition coefficient (Wildman–Crippen LogP) is -0.584. The van der Waals surface area contributed by atoms with Crippen molar-refractivity contribution in [3.63, 3.8) is 0 Å². The Morgan fingerprint density at radius 1 is 1.28 bits per heavy atom. The average Bonchev–Trinajstić information content (AvgIpc) is 2.35. The number of H-pyrrole nitrogens is 1. The van der Waals surface area contributed by atoms with Gasteiger partial charge in [0, 0.05) is 25.6 Å². The van der Waals surface area contributed by atoms with Gasteiger partial charge in [-0.3, -0.25) is 14.4 Å². The van der Waals surface area contributed by atoms with E-state index in [1.807, 2.05) is 6.92 Å². The molecule has 0 unspecified atom stereocenters. The van der Waals surface area contributed by atoms with Gasteiger partial charge in [0.25, 0.3) is 11.5 Å². The largest absolute Gasteiger partial charge is 0.354 e. The van der Waals surface area contributed by atoms with Gasteiger partial charge in [-0.05, 0) is 12.5 Å². The Balaban J connectivity index is 2.27. The highest BCUT2D eigenvalue weighted by molar-refractivity contribution is 5.91. The van der Waals surface area contributed by atoms with Crippen LogP contribution in [-0.4, -0.2) is 35.1 Å². The molecule has 0 aromatic carbocycles. The number of hydrogen-bond donors (Lipinski definition) is 3. The molecule has 0 spiro atoms. The molecule has 0 bridgehead atoms. The number of nitrogens with zero attached hydrogens (tertiary/aromatic N) is 1. The first-order valence-corrected chi connectivity index (χ1v) is 5.74. The first-order valence-electron chi connectivity index (χ1n) is 5.74. The summed E-state index contributed by atoms with van der Waals surface area (Å²) in [6.45, 7) is 2.60. The summed E-state index contributed by atoms with van der Waals surface area (Å²) in [4.78, 5) is 33.4. The molecule has 2 amide bonds. The Labute approximate surface area is 104 Å². The summed E-state index contributed by atoms with van der Waals surface area (Å²) < 4.78 is 0. The molecule has 0 atom stereocenters. The van der Waals surface area contributed by atoms with Crippen LogP contribution in [0.15, 0.2) is 16.9 Å². The molecule has 1 aromatic heterocycles. The van der Waals surface area contributed by atoms with Gasteiger partial charge >= 0.3 is 0 Å². The molecule has 0 radical (unpaired) electrons. The quantitative estimate of drug-likeness (QED) is 0.589. The summed E-state index contributed by atoms with van der Waals surface area (Å²) in [7, 11) is 0. The van der Waals surface area contributed by atoms with E-state index in [9.17, 15) is 14.4 Å². The van der Waals surface area contributed by atoms with Crippen LogP contribution in [0.1, 0.15) is 30.3 Å². The van der Waals surface area contributed by atoms with Crippen molar-refractivity contribution >= 4 is 11.8 Å². The summed E-state index contributed by atoms with van der Waals surface area (Å²) in [6, 6.07) is 2.56. The third-order valence-corrected chi connectivity index (χ3v) is 2.12. The summed E-state index contributed by atoms with van der Waals surface area (Å²) in [5.41, 5.74) is -0.229. The van der Waals surface area contributed by atoms with E-state index < -0.39 is 5.91 Å². The van der Waals surface area contributed by atoms with Crippen molar-refractivity contribution in [1.29, 1.82) is 0 Å². The number of carbonyl (C=O) groups is 2. The normalized spacial score (nSPS) is 9.83. The van der Waals surface area contributed by atoms with Crippen LogP contribution in [0.3, 0.4) is 0 Å². The van der Waals surface area contributed by atoms with Crippen molar-refractivity contribution in [1.82, 2.24) is 20.8 Å². The van der Waals surface area contributed by atoms with Gasteiger partial charge in [0.1, 0.15) is 5.69 Å². The molecule has 7 nitrogen and oxygen atoms in total. The Morgan fingerprint density at radius 3 is 2.61 bits per heavy atom. The van der Waals surface area contributed by atoms with Gasteiger partial charge in [0.15, 0.2) is 0 Å². The Hall–Kier alpha value is -2.18. The van der Waals surface area contributed by atoms with Crippen LogP contribution in [0.4, 0.5) is 0 Å². The molecule has 0 aliphatic rings. The van der Waals surface area contributed by atoms with Crippen molar-refractivity contribution in [3.05, 3.63) is 28.2 Å². The molecule has 0 saturated carbocycles. The van der Waals surface area contributed by atoms with E-state index in [-0.39, 0.29) is 17.2 Å². The summed E-state index contributed by atoms with van der Waals surface area (Å²) in [5, 5.41) is 11.0. The molecule has 18 heavy (non-hydrogen) atoms. The van der Waals surface area contributed by atoms with E-state index in [2.05, 4.69) is 20.8 Å². The number of nitrogens with one attached hydrogen (secondary N) is 3. The van der Waals surface area contributed by atoms with Gasteiger partial charge in [-0.1, -0.05) is 6.92 Å². The smallest absolute Gasteiger partial charge is 0.271 e. The zero-order chi connectivity index (χ0) is 13.4. The Kier molecular flexibility index (Phi) is 5.56. The summed E-state index contributed by atoms with van der Waals surface area (Å²) in [5.74, 6) is -0.426. The second kappa shape index (κ2) is 7.21. The minimum absolute atomic E-state index is 0.0334. The van der Waals surface area contributed by atoms with Crippen molar-refractivity contribution in [3.8, 4) is 0 Å². The zero-order valence-electron chi connectivity index (χ0n) is 10.2. The van der Waals surface area contributed by atoms with E-state index in [0.717, 1.165) is 6.42 Å². The molecule has 1 rings (SSSR count). The lowest BCUT2D eigenvalue weighted by Crippen LogP contribution is -2.35. The van der Waals surface area contributed by atoms with Gasteiger partial charge < -0.3 is 10.6 Å². The molecule has 0 aliphatic carbocycles. The van der Waals surface area contributed by atoms with Crippen LogP contribution in [0.2, 0.25) is 0 Å². The maximum absolute atomic E-state index is 11.5. The first kappa shape index (κ1) is 13.9. The molecule has 0 fully saturated rings. The lowest BCUT2D eigenvalue weighted by atomic mass is 10.3. The highest BCUT2D eigenvalue weighted by Crippen LogP contribution is 1.87. The lowest BCUT2D eigenvalue weighted by Gasteiger charge is -2.05. The third kappa shape index (κ3) is 4.77. The Morgan fingerprint density at radius 2 is 2.00 bits per heavy atom. The summed E-state index contributed by atoms with van der Waals surface area (Å²) in [6.07, 6.45) is 1.27. The van der Waals surface area contributed by atoms with Gasteiger partial charge in [0.05, 0.1) is 0 Å². The van der Waals surface area contributed by atoms with Crippen LogP contribution in [0.5, 0.6) is 0 Å². The monoisotopic (exact) mass is 252 g/mol. The van der Waals surface area contributed by atoms with Crippen LogP contribution in [-0.2, 0) is 4.79 Å². The van der Waals surface area contributed by atoms with E-state index >= 15 is 0 Å². The second-order valence-corrected chi connectivity index (χ2v) is 3.66. The van der Waals surface area contributed by atoms with E-state index in [4.69, 9.17) is 0 Å². The van der Waals surface area contributed by atoms with E-state index in [1.54, 1.807) is 0 Å². The maximum atomic E-state index is 11.5. The first-order chi connectivity index (χ1) is 8.63. The molecule has 0 aliphatic heterocycles. The van der Waals surface area contributed by atoms with Crippen molar-refractivity contribution in [2.75, 3.05) is 13.1 Å². The molecule has 0 saturated heterocycles. The van der Waals surface area contributed by atoms with Crippen molar-refractivity contribution in [2.24, 2.45) is 0 Å². The molecule has 1 aromatic rings. The molecule has 3 N–H and O–H groups in total. The highest BCUT2D eigenvalue weighted by Gasteiger charge is 2.06.